The van der Waals surface area contributed by atoms with Gasteiger partial charge in [0.05, 0.1) is 25.4 Å². The summed E-state index contributed by atoms with van der Waals surface area (Å²) in [6.07, 6.45) is 6.14. The van der Waals surface area contributed by atoms with Gasteiger partial charge in [-0.15, -0.1) is 0 Å². The molecule has 0 radical (unpaired) electrons. The number of carbonyl (C=O) groups excluding carboxylic acids is 1. The predicted molar refractivity (Wildman–Crippen MR) is 104 cm³/mol. The molecule has 3 saturated heterocycles. The van der Waals surface area contributed by atoms with E-state index in [1.807, 2.05) is 32.0 Å². The Kier molecular flexibility index (Phi) is 6.58. The van der Waals surface area contributed by atoms with Crippen molar-refractivity contribution in [1.29, 1.82) is 0 Å². The summed E-state index contributed by atoms with van der Waals surface area (Å²) in [5.41, 5.74) is -1.05. The van der Waals surface area contributed by atoms with Crippen LogP contribution in [-0.4, -0.2) is 110 Å². The van der Waals surface area contributed by atoms with Crippen molar-refractivity contribution in [1.82, 2.24) is 14.7 Å². The molecule has 3 heterocycles. The van der Waals surface area contributed by atoms with E-state index in [0.717, 1.165) is 52.1 Å². The van der Waals surface area contributed by atoms with Crippen molar-refractivity contribution in [2.24, 2.45) is 0 Å². The van der Waals surface area contributed by atoms with Crippen molar-refractivity contribution in [3.63, 3.8) is 0 Å². The molecule has 27 heavy (non-hydrogen) atoms. The second kappa shape index (κ2) is 8.57. The third kappa shape index (κ3) is 5.09. The summed E-state index contributed by atoms with van der Waals surface area (Å²) < 4.78 is 11.5. The predicted octanol–water partition coefficient (Wildman–Crippen LogP) is 0.338. The minimum Gasteiger partial charge on any atom is -0.386 e. The first-order chi connectivity index (χ1) is 12.8. The van der Waals surface area contributed by atoms with Crippen molar-refractivity contribution in [3.05, 3.63) is 12.2 Å². The minimum absolute atomic E-state index is 0.0712. The molecule has 1 N–H and O–H groups in total. The number of carbonyl (C=O) groups is 1. The second-order valence-electron chi connectivity index (χ2n) is 8.65. The van der Waals surface area contributed by atoms with Crippen molar-refractivity contribution >= 4 is 5.91 Å². The molecule has 154 valence electrons. The van der Waals surface area contributed by atoms with Crippen LogP contribution in [0.15, 0.2) is 12.2 Å². The first kappa shape index (κ1) is 20.7. The average molecular weight is 382 g/mol. The summed E-state index contributed by atoms with van der Waals surface area (Å²) in [6, 6.07) is 0.0712. The van der Waals surface area contributed by atoms with Crippen molar-refractivity contribution in [2.45, 2.75) is 43.4 Å². The fourth-order valence-electron chi connectivity index (χ4n) is 4.44. The first-order valence-electron chi connectivity index (χ1n) is 10.1. The molecule has 3 rings (SSSR count). The number of likely N-dealkylation sites (tertiary alicyclic amines) is 1. The summed E-state index contributed by atoms with van der Waals surface area (Å²) in [6.45, 7) is 7.83. The number of aliphatic hydroxyl groups is 1. The summed E-state index contributed by atoms with van der Waals surface area (Å²) >= 11 is 0. The van der Waals surface area contributed by atoms with E-state index < -0.39 is 5.60 Å². The molecular weight excluding hydrogens is 346 g/mol. The Hall–Kier alpha value is -0.990. The summed E-state index contributed by atoms with van der Waals surface area (Å²) in [7, 11) is 4.02. The van der Waals surface area contributed by atoms with Crippen LogP contribution in [0.2, 0.25) is 0 Å². The zero-order valence-electron chi connectivity index (χ0n) is 17.0. The van der Waals surface area contributed by atoms with Gasteiger partial charge < -0.3 is 24.4 Å². The second-order valence-corrected chi connectivity index (χ2v) is 8.65. The summed E-state index contributed by atoms with van der Waals surface area (Å²) in [4.78, 5) is 18.8. The molecule has 3 fully saturated rings. The molecule has 7 nitrogen and oxygen atoms in total. The van der Waals surface area contributed by atoms with Gasteiger partial charge in [-0.05, 0) is 40.3 Å². The number of nitrogens with zero attached hydrogens (tertiary/aromatic N) is 3. The molecule has 3 aliphatic heterocycles. The van der Waals surface area contributed by atoms with E-state index >= 15 is 0 Å². The minimum atomic E-state index is -0.829. The molecule has 0 aliphatic carbocycles. The molecule has 7 heteroatoms. The van der Waals surface area contributed by atoms with E-state index in [1.165, 1.54) is 0 Å². The molecule has 0 aromatic carbocycles. The van der Waals surface area contributed by atoms with Crippen LogP contribution in [0.1, 0.15) is 26.2 Å². The largest absolute Gasteiger partial charge is 0.386 e. The van der Waals surface area contributed by atoms with Gasteiger partial charge in [-0.1, -0.05) is 6.08 Å². The maximum Gasteiger partial charge on any atom is 0.246 e. The molecule has 0 unspecified atom stereocenters. The standard InChI is InChI=1S/C20H35N3O4/c1-19(25)16-27-20(15-17(19)21(2)3)6-9-23(10-7-20)18(24)5-4-8-22-11-13-26-14-12-22/h4-5,17,25H,6-16H2,1-3H3/b5-4+/t17-,19-/m0/s1. The fraction of sp³-hybridized carbons (Fsp3) is 0.850. The van der Waals surface area contributed by atoms with Gasteiger partial charge in [0.2, 0.25) is 5.91 Å². The van der Waals surface area contributed by atoms with Crippen LogP contribution in [0.25, 0.3) is 0 Å². The number of piperidine rings is 1. The highest BCUT2D eigenvalue weighted by atomic mass is 16.5. The summed E-state index contributed by atoms with van der Waals surface area (Å²) in [5, 5.41) is 10.6. The van der Waals surface area contributed by atoms with Crippen LogP contribution in [-0.2, 0) is 14.3 Å². The van der Waals surface area contributed by atoms with Crippen molar-refractivity contribution < 1.29 is 19.4 Å². The van der Waals surface area contributed by atoms with Crippen molar-refractivity contribution in [3.8, 4) is 0 Å². The normalized spacial score (nSPS) is 32.5. The maximum atomic E-state index is 12.5. The van der Waals surface area contributed by atoms with Gasteiger partial charge in [0.1, 0.15) is 5.60 Å². The lowest BCUT2D eigenvalue weighted by Crippen LogP contribution is -2.62. The van der Waals surface area contributed by atoms with E-state index in [1.54, 1.807) is 6.08 Å². The Morgan fingerprint density at radius 1 is 1.22 bits per heavy atom. The van der Waals surface area contributed by atoms with Gasteiger partial charge in [-0.25, -0.2) is 0 Å². The third-order valence-electron chi connectivity index (χ3n) is 6.29. The Bertz CT molecular complexity index is 535. The van der Waals surface area contributed by atoms with Crippen molar-refractivity contribution in [2.75, 3.05) is 66.6 Å². The molecule has 0 saturated carbocycles. The monoisotopic (exact) mass is 381 g/mol. The van der Waals surface area contributed by atoms with Gasteiger partial charge in [0.15, 0.2) is 0 Å². The zero-order chi connectivity index (χ0) is 19.5. The van der Waals surface area contributed by atoms with E-state index in [0.29, 0.717) is 19.7 Å². The third-order valence-corrected chi connectivity index (χ3v) is 6.29. The van der Waals surface area contributed by atoms with E-state index in [9.17, 15) is 9.90 Å². The van der Waals surface area contributed by atoms with Crippen LogP contribution >= 0.6 is 0 Å². The number of ether oxygens (including phenoxy) is 2. The van der Waals surface area contributed by atoms with Gasteiger partial charge in [-0.2, -0.15) is 0 Å². The lowest BCUT2D eigenvalue weighted by molar-refractivity contribution is -0.206. The Labute approximate surface area is 162 Å². The van der Waals surface area contributed by atoms with Gasteiger partial charge >= 0.3 is 0 Å². The highest BCUT2D eigenvalue weighted by Crippen LogP contribution is 2.39. The molecule has 1 amide bonds. The molecule has 0 aromatic heterocycles. The Morgan fingerprint density at radius 3 is 2.52 bits per heavy atom. The maximum absolute atomic E-state index is 12.5. The molecular formula is C20H35N3O4. The van der Waals surface area contributed by atoms with Crippen LogP contribution in [0.5, 0.6) is 0 Å². The summed E-state index contributed by atoms with van der Waals surface area (Å²) in [5.74, 6) is 0.0880. The van der Waals surface area contributed by atoms with Crippen LogP contribution in [0.4, 0.5) is 0 Å². The van der Waals surface area contributed by atoms with E-state index in [2.05, 4.69) is 9.80 Å². The average Bonchev–Trinajstić information content (AvgIpc) is 2.65. The van der Waals surface area contributed by atoms with Crippen LogP contribution in [0, 0.1) is 0 Å². The highest BCUT2D eigenvalue weighted by molar-refractivity contribution is 5.87. The fourth-order valence-corrected chi connectivity index (χ4v) is 4.44. The molecule has 2 atom stereocenters. The number of hydrogen-bond donors (Lipinski definition) is 1. The SMILES string of the molecule is CN(C)[C@H]1CC2(CCN(C(=O)/C=C/CN3CCOCC3)CC2)OC[C@]1(C)O. The van der Waals surface area contributed by atoms with Gasteiger partial charge in [-0.3, -0.25) is 9.69 Å². The molecule has 1 spiro atoms. The Morgan fingerprint density at radius 2 is 1.89 bits per heavy atom. The van der Waals surface area contributed by atoms with E-state index in [4.69, 9.17) is 9.47 Å². The Balaban J connectivity index is 1.48. The first-order valence-corrected chi connectivity index (χ1v) is 10.1. The number of amides is 1. The molecule has 0 aromatic rings. The van der Waals surface area contributed by atoms with Crippen LogP contribution in [0.3, 0.4) is 0 Å². The van der Waals surface area contributed by atoms with Gasteiger partial charge in [0.25, 0.3) is 0 Å². The quantitative estimate of drug-likeness (QED) is 0.709. The number of rotatable bonds is 4. The van der Waals surface area contributed by atoms with Gasteiger partial charge in [0, 0.05) is 44.8 Å². The number of likely N-dealkylation sites (N-methyl/N-ethyl adjacent to an activating group) is 1. The lowest BCUT2D eigenvalue weighted by Gasteiger charge is -2.52. The zero-order valence-corrected chi connectivity index (χ0v) is 17.0. The number of morpholine rings is 1. The topological polar surface area (TPSA) is 65.5 Å². The smallest absolute Gasteiger partial charge is 0.246 e. The molecule has 3 aliphatic rings. The lowest BCUT2D eigenvalue weighted by atomic mass is 9.77. The number of hydrogen-bond acceptors (Lipinski definition) is 6. The molecule has 0 bridgehead atoms. The van der Waals surface area contributed by atoms with E-state index in [-0.39, 0.29) is 17.6 Å². The highest BCUT2D eigenvalue weighted by Gasteiger charge is 2.49. The van der Waals surface area contributed by atoms with Crippen LogP contribution < -0.4 is 0 Å².